The standard InChI is InChI=1S/C14H18ClFOS/c1-13(2)7-14(17,9-18-8-13)6-10-3-4-12(16)11(15)5-10/h3-5,17H,6-9H2,1-2H3. The summed E-state index contributed by atoms with van der Waals surface area (Å²) in [5, 5.41) is 10.8. The van der Waals surface area contributed by atoms with Crippen LogP contribution in [0.15, 0.2) is 18.2 Å². The van der Waals surface area contributed by atoms with Crippen molar-refractivity contribution in [1.29, 1.82) is 0 Å². The number of hydrogen-bond donors (Lipinski definition) is 1. The van der Waals surface area contributed by atoms with Crippen LogP contribution >= 0.6 is 23.4 Å². The third-order valence-electron chi connectivity index (χ3n) is 3.19. The van der Waals surface area contributed by atoms with Gasteiger partial charge in [-0.25, -0.2) is 4.39 Å². The largest absolute Gasteiger partial charge is 0.389 e. The van der Waals surface area contributed by atoms with Gasteiger partial charge in [-0.1, -0.05) is 31.5 Å². The minimum absolute atomic E-state index is 0.124. The lowest BCUT2D eigenvalue weighted by Gasteiger charge is -2.41. The summed E-state index contributed by atoms with van der Waals surface area (Å²) in [6, 6.07) is 4.68. The second kappa shape index (κ2) is 5.03. The summed E-state index contributed by atoms with van der Waals surface area (Å²) in [4.78, 5) is 0. The zero-order chi connectivity index (χ0) is 13.4. The van der Waals surface area contributed by atoms with Crippen molar-refractivity contribution in [3.8, 4) is 0 Å². The highest BCUT2D eigenvalue weighted by molar-refractivity contribution is 7.99. The molecule has 0 bridgehead atoms. The van der Waals surface area contributed by atoms with E-state index in [0.717, 1.165) is 23.5 Å². The topological polar surface area (TPSA) is 20.2 Å². The van der Waals surface area contributed by atoms with E-state index in [9.17, 15) is 9.50 Å². The minimum atomic E-state index is -0.715. The third-order valence-corrected chi connectivity index (χ3v) is 5.21. The summed E-state index contributed by atoms with van der Waals surface area (Å²) in [6.07, 6.45) is 1.30. The molecule has 0 amide bonds. The van der Waals surface area contributed by atoms with Crippen LogP contribution in [0.5, 0.6) is 0 Å². The SMILES string of the molecule is CC1(C)CSCC(O)(Cc2ccc(F)c(Cl)c2)C1. The summed E-state index contributed by atoms with van der Waals surface area (Å²) < 4.78 is 13.1. The van der Waals surface area contributed by atoms with Gasteiger partial charge in [-0.15, -0.1) is 0 Å². The van der Waals surface area contributed by atoms with Gasteiger partial charge >= 0.3 is 0 Å². The van der Waals surface area contributed by atoms with Crippen LogP contribution in [0.4, 0.5) is 4.39 Å². The highest BCUT2D eigenvalue weighted by Crippen LogP contribution is 2.40. The molecule has 1 heterocycles. The molecule has 1 fully saturated rings. The number of thioether (sulfide) groups is 1. The minimum Gasteiger partial charge on any atom is -0.389 e. The highest BCUT2D eigenvalue weighted by Gasteiger charge is 2.38. The van der Waals surface area contributed by atoms with Gasteiger partial charge < -0.3 is 5.11 Å². The van der Waals surface area contributed by atoms with E-state index in [4.69, 9.17) is 11.6 Å². The summed E-state index contributed by atoms with van der Waals surface area (Å²) >= 11 is 7.55. The van der Waals surface area contributed by atoms with E-state index < -0.39 is 11.4 Å². The van der Waals surface area contributed by atoms with Gasteiger partial charge in [0, 0.05) is 12.2 Å². The van der Waals surface area contributed by atoms with Crippen molar-refractivity contribution in [3.05, 3.63) is 34.6 Å². The van der Waals surface area contributed by atoms with Crippen molar-refractivity contribution < 1.29 is 9.50 Å². The van der Waals surface area contributed by atoms with E-state index >= 15 is 0 Å². The predicted molar refractivity (Wildman–Crippen MR) is 75.8 cm³/mol. The molecule has 1 aromatic carbocycles. The molecule has 100 valence electrons. The molecule has 0 aromatic heterocycles. The van der Waals surface area contributed by atoms with Crippen LogP contribution in [0.2, 0.25) is 5.02 Å². The average Bonchev–Trinajstić information content (AvgIpc) is 2.21. The van der Waals surface area contributed by atoms with Gasteiger partial charge in [0.2, 0.25) is 0 Å². The maximum atomic E-state index is 13.1. The van der Waals surface area contributed by atoms with E-state index in [-0.39, 0.29) is 10.4 Å². The molecule has 18 heavy (non-hydrogen) atoms. The monoisotopic (exact) mass is 288 g/mol. The lowest BCUT2D eigenvalue weighted by atomic mass is 9.79. The fourth-order valence-electron chi connectivity index (χ4n) is 2.65. The highest BCUT2D eigenvalue weighted by atomic mass is 35.5. The fourth-order valence-corrected chi connectivity index (χ4v) is 4.20. The van der Waals surface area contributed by atoms with Crippen LogP contribution in [0, 0.1) is 11.2 Å². The van der Waals surface area contributed by atoms with Crippen molar-refractivity contribution in [2.75, 3.05) is 11.5 Å². The quantitative estimate of drug-likeness (QED) is 0.890. The Morgan fingerprint density at radius 3 is 2.72 bits per heavy atom. The maximum Gasteiger partial charge on any atom is 0.141 e. The van der Waals surface area contributed by atoms with Gasteiger partial charge in [0.05, 0.1) is 10.6 Å². The Bertz CT molecular complexity index is 449. The molecule has 0 aliphatic carbocycles. The van der Waals surface area contributed by atoms with Crippen molar-refractivity contribution in [1.82, 2.24) is 0 Å². The first-order valence-corrected chi connectivity index (χ1v) is 7.57. The Balaban J connectivity index is 2.14. The molecule has 1 aliphatic rings. The third kappa shape index (κ3) is 3.40. The lowest BCUT2D eigenvalue weighted by molar-refractivity contribution is 0.0200. The molecule has 1 saturated heterocycles. The van der Waals surface area contributed by atoms with E-state index in [1.54, 1.807) is 23.9 Å². The number of rotatable bonds is 2. The zero-order valence-electron chi connectivity index (χ0n) is 10.7. The van der Waals surface area contributed by atoms with Gasteiger partial charge in [0.25, 0.3) is 0 Å². The first kappa shape index (κ1) is 14.2. The molecule has 1 unspecified atom stereocenters. The van der Waals surface area contributed by atoms with E-state index in [2.05, 4.69) is 13.8 Å². The molecular weight excluding hydrogens is 271 g/mol. The second-order valence-electron chi connectivity index (χ2n) is 5.98. The van der Waals surface area contributed by atoms with Crippen LogP contribution in [-0.4, -0.2) is 22.2 Å². The Hall–Kier alpha value is -0.250. The number of halogens is 2. The normalized spacial score (nSPS) is 27.2. The summed E-state index contributed by atoms with van der Waals surface area (Å²) in [6.45, 7) is 4.34. The Morgan fingerprint density at radius 2 is 2.11 bits per heavy atom. The fraction of sp³-hybridized carbons (Fsp3) is 0.571. The zero-order valence-corrected chi connectivity index (χ0v) is 12.2. The van der Waals surface area contributed by atoms with Gasteiger partial charge in [-0.05, 0) is 35.3 Å². The van der Waals surface area contributed by atoms with Crippen molar-refractivity contribution in [3.63, 3.8) is 0 Å². The maximum absolute atomic E-state index is 13.1. The molecule has 1 aromatic rings. The van der Waals surface area contributed by atoms with Crippen LogP contribution in [0.1, 0.15) is 25.8 Å². The number of aliphatic hydroxyl groups is 1. The molecular formula is C14H18ClFOS. The molecule has 1 nitrogen and oxygen atoms in total. The van der Waals surface area contributed by atoms with Gasteiger partial charge in [0.1, 0.15) is 5.82 Å². The molecule has 0 spiro atoms. The van der Waals surface area contributed by atoms with Crippen LogP contribution in [-0.2, 0) is 6.42 Å². The van der Waals surface area contributed by atoms with E-state index in [1.807, 2.05) is 0 Å². The first-order valence-electron chi connectivity index (χ1n) is 6.04. The van der Waals surface area contributed by atoms with Crippen LogP contribution < -0.4 is 0 Å². The lowest BCUT2D eigenvalue weighted by Crippen LogP contribution is -2.44. The summed E-state index contributed by atoms with van der Waals surface area (Å²) in [7, 11) is 0. The molecule has 1 aliphatic heterocycles. The first-order chi connectivity index (χ1) is 8.30. The molecule has 0 radical (unpaired) electrons. The molecule has 1 N–H and O–H groups in total. The van der Waals surface area contributed by atoms with Gasteiger partial charge in [-0.2, -0.15) is 11.8 Å². The van der Waals surface area contributed by atoms with Crippen molar-refractivity contribution in [2.45, 2.75) is 32.3 Å². The average molecular weight is 289 g/mol. The Kier molecular flexibility index (Phi) is 3.96. The smallest absolute Gasteiger partial charge is 0.141 e. The Morgan fingerprint density at radius 1 is 1.39 bits per heavy atom. The predicted octanol–water partition coefficient (Wildman–Crippen LogP) is 3.92. The molecule has 0 saturated carbocycles. The van der Waals surface area contributed by atoms with Crippen LogP contribution in [0.3, 0.4) is 0 Å². The number of hydrogen-bond acceptors (Lipinski definition) is 2. The van der Waals surface area contributed by atoms with Gasteiger partial charge in [-0.3, -0.25) is 0 Å². The summed E-state index contributed by atoms with van der Waals surface area (Å²) in [5.41, 5.74) is 0.317. The van der Waals surface area contributed by atoms with Crippen molar-refractivity contribution in [2.24, 2.45) is 5.41 Å². The summed E-state index contributed by atoms with van der Waals surface area (Å²) in [5.74, 6) is 1.39. The van der Waals surface area contributed by atoms with Crippen molar-refractivity contribution >= 4 is 23.4 Å². The Labute approximate surface area is 117 Å². The molecule has 2 rings (SSSR count). The van der Waals surface area contributed by atoms with E-state index in [0.29, 0.717) is 6.42 Å². The van der Waals surface area contributed by atoms with E-state index in [1.165, 1.54) is 6.07 Å². The molecule has 1 atom stereocenters. The second-order valence-corrected chi connectivity index (χ2v) is 7.38. The van der Waals surface area contributed by atoms with Gasteiger partial charge in [0.15, 0.2) is 0 Å². The number of benzene rings is 1. The molecule has 4 heteroatoms. The van der Waals surface area contributed by atoms with Crippen LogP contribution in [0.25, 0.3) is 0 Å².